The van der Waals surface area contributed by atoms with Crippen molar-refractivity contribution in [1.29, 1.82) is 0 Å². The van der Waals surface area contributed by atoms with Crippen molar-refractivity contribution < 1.29 is 24.2 Å². The summed E-state index contributed by atoms with van der Waals surface area (Å²) in [5.41, 5.74) is 1.00. The van der Waals surface area contributed by atoms with Crippen molar-refractivity contribution in [3.63, 3.8) is 0 Å². The normalized spacial score (nSPS) is 40.3. The lowest BCUT2D eigenvalue weighted by Crippen LogP contribution is -2.53. The molecule has 186 valence electrons. The first-order valence-corrected chi connectivity index (χ1v) is 13.3. The SMILES string of the molecule is CC(C)c1ccoc1CC(C(=O)O)[C@H]1CC[C@H]2[C@@H]3CC[C@@H]4CC(=O)C(O)=C[C@]4(C)[C@H]3CC[C@]12C. The lowest BCUT2D eigenvalue weighted by atomic mass is 9.45. The Morgan fingerprint density at radius 1 is 1.15 bits per heavy atom. The average molecular weight is 469 g/mol. The molecule has 1 unspecified atom stereocenters. The number of Topliss-reactive ketones (excluding diaryl/α,β-unsaturated/α-hetero) is 1. The van der Waals surface area contributed by atoms with Crippen LogP contribution in [0.15, 0.2) is 28.6 Å². The number of hydrogen-bond acceptors (Lipinski definition) is 4. The maximum Gasteiger partial charge on any atom is 0.307 e. The maximum absolute atomic E-state index is 12.6. The third-order valence-corrected chi connectivity index (χ3v) is 10.8. The first kappa shape index (κ1) is 23.7. The number of fused-ring (bicyclic) bond motifs is 5. The second-order valence-electron chi connectivity index (χ2n) is 12.5. The molecule has 0 bridgehead atoms. The summed E-state index contributed by atoms with van der Waals surface area (Å²) in [6, 6.07) is 1.99. The molecule has 0 radical (unpaired) electrons. The molecule has 1 heterocycles. The number of aliphatic hydroxyl groups excluding tert-OH is 1. The number of furan rings is 1. The molecule has 0 saturated heterocycles. The zero-order valence-corrected chi connectivity index (χ0v) is 21.0. The van der Waals surface area contributed by atoms with Crippen LogP contribution in [0, 0.1) is 46.3 Å². The van der Waals surface area contributed by atoms with Gasteiger partial charge in [0.2, 0.25) is 0 Å². The van der Waals surface area contributed by atoms with Gasteiger partial charge in [0.15, 0.2) is 11.5 Å². The van der Waals surface area contributed by atoms with Crippen molar-refractivity contribution in [2.45, 2.75) is 85.0 Å². The second kappa shape index (κ2) is 8.27. The molecule has 4 aliphatic carbocycles. The molecule has 5 rings (SSSR count). The fourth-order valence-corrected chi connectivity index (χ4v) is 9.05. The van der Waals surface area contributed by atoms with Crippen LogP contribution >= 0.6 is 0 Å². The van der Waals surface area contributed by atoms with Crippen LogP contribution in [0.5, 0.6) is 0 Å². The molecule has 8 atom stereocenters. The summed E-state index contributed by atoms with van der Waals surface area (Å²) in [6.07, 6.45) is 10.8. The molecular weight excluding hydrogens is 428 g/mol. The fourth-order valence-electron chi connectivity index (χ4n) is 9.05. The first-order chi connectivity index (χ1) is 16.1. The van der Waals surface area contributed by atoms with Gasteiger partial charge in [0.25, 0.3) is 0 Å². The van der Waals surface area contributed by atoms with Crippen molar-refractivity contribution in [3.8, 4) is 0 Å². The van der Waals surface area contributed by atoms with Crippen molar-refractivity contribution in [3.05, 3.63) is 35.5 Å². The molecule has 2 N–H and O–H groups in total. The predicted octanol–water partition coefficient (Wildman–Crippen LogP) is 6.54. The first-order valence-electron chi connectivity index (χ1n) is 13.3. The van der Waals surface area contributed by atoms with Crippen LogP contribution in [0.25, 0.3) is 0 Å². The van der Waals surface area contributed by atoms with Crippen LogP contribution in [-0.2, 0) is 16.0 Å². The molecule has 1 aromatic rings. The van der Waals surface area contributed by atoms with Gasteiger partial charge in [-0.3, -0.25) is 9.59 Å². The van der Waals surface area contributed by atoms with E-state index in [1.54, 1.807) is 6.26 Å². The molecule has 0 spiro atoms. The summed E-state index contributed by atoms with van der Waals surface area (Å²) >= 11 is 0. The highest BCUT2D eigenvalue weighted by Gasteiger charge is 2.61. The van der Waals surface area contributed by atoms with Gasteiger partial charge in [-0.1, -0.05) is 27.7 Å². The monoisotopic (exact) mass is 468 g/mol. The minimum atomic E-state index is -0.700. The third kappa shape index (κ3) is 3.48. The van der Waals surface area contributed by atoms with E-state index in [0.29, 0.717) is 42.4 Å². The molecule has 0 aliphatic heterocycles. The summed E-state index contributed by atoms with van der Waals surface area (Å²) in [4.78, 5) is 24.8. The van der Waals surface area contributed by atoms with Gasteiger partial charge in [0.05, 0.1) is 12.2 Å². The number of aliphatic carboxylic acids is 1. The highest BCUT2D eigenvalue weighted by molar-refractivity contribution is 5.94. The average Bonchev–Trinajstić information content (AvgIpc) is 3.37. The molecule has 1 aromatic heterocycles. The molecule has 0 aromatic carbocycles. The van der Waals surface area contributed by atoms with Gasteiger partial charge in [0, 0.05) is 12.8 Å². The zero-order valence-electron chi connectivity index (χ0n) is 21.0. The number of allylic oxidation sites excluding steroid dienone is 2. The number of carbonyl (C=O) groups excluding carboxylic acids is 1. The van der Waals surface area contributed by atoms with E-state index in [-0.39, 0.29) is 28.3 Å². The smallest absolute Gasteiger partial charge is 0.307 e. The van der Waals surface area contributed by atoms with Crippen LogP contribution in [0.2, 0.25) is 0 Å². The number of ketones is 1. The highest BCUT2D eigenvalue weighted by atomic mass is 16.4. The van der Waals surface area contributed by atoms with E-state index >= 15 is 0 Å². The molecule has 34 heavy (non-hydrogen) atoms. The predicted molar refractivity (Wildman–Crippen MR) is 129 cm³/mol. The molecule has 4 aliphatic rings. The van der Waals surface area contributed by atoms with Crippen molar-refractivity contribution in [2.24, 2.45) is 46.3 Å². The van der Waals surface area contributed by atoms with E-state index in [1.807, 2.05) is 12.1 Å². The van der Waals surface area contributed by atoms with Gasteiger partial charge in [-0.2, -0.15) is 0 Å². The number of carboxylic acids is 1. The van der Waals surface area contributed by atoms with E-state index in [2.05, 4.69) is 27.7 Å². The molecule has 3 fully saturated rings. The van der Waals surface area contributed by atoms with Gasteiger partial charge < -0.3 is 14.6 Å². The van der Waals surface area contributed by atoms with E-state index in [4.69, 9.17) is 4.42 Å². The summed E-state index contributed by atoms with van der Waals surface area (Å²) in [7, 11) is 0. The lowest BCUT2D eigenvalue weighted by Gasteiger charge is -2.59. The van der Waals surface area contributed by atoms with Gasteiger partial charge in [-0.15, -0.1) is 0 Å². The van der Waals surface area contributed by atoms with E-state index in [9.17, 15) is 19.8 Å². The van der Waals surface area contributed by atoms with E-state index in [0.717, 1.165) is 49.8 Å². The molecule has 0 amide bonds. The summed E-state index contributed by atoms with van der Waals surface area (Å²) < 4.78 is 5.79. The van der Waals surface area contributed by atoms with Crippen LogP contribution in [-0.4, -0.2) is 22.0 Å². The largest absolute Gasteiger partial charge is 0.505 e. The number of hydrogen-bond donors (Lipinski definition) is 2. The van der Waals surface area contributed by atoms with E-state index in [1.165, 1.54) is 0 Å². The Balaban J connectivity index is 1.42. The number of aliphatic hydroxyl groups is 1. The van der Waals surface area contributed by atoms with Crippen LogP contribution in [0.3, 0.4) is 0 Å². The Labute approximate surface area is 203 Å². The lowest BCUT2D eigenvalue weighted by molar-refractivity contribution is -0.148. The standard InChI is InChI=1S/C29H40O5/c1-16(2)18-10-12-34-26(18)14-20(27(32)33)22-8-7-21-19-6-5-17-13-24(30)25(31)15-29(17,4)23(19)9-11-28(21,22)3/h10,12,15-17,19-23,31H,5-9,11,13-14H2,1-4H3,(H,32,33)/t17-,19+,20?,21+,22-,23+,28+,29+/m1/s1. The topological polar surface area (TPSA) is 87.7 Å². The number of carbonyl (C=O) groups is 2. The quantitative estimate of drug-likeness (QED) is 0.512. The number of carboxylic acid groups (broad SMARTS) is 1. The Bertz CT molecular complexity index is 1000. The second-order valence-corrected chi connectivity index (χ2v) is 12.5. The summed E-state index contributed by atoms with van der Waals surface area (Å²) in [5, 5.41) is 20.6. The number of rotatable bonds is 5. The highest BCUT2D eigenvalue weighted by Crippen LogP contribution is 2.67. The van der Waals surface area contributed by atoms with E-state index < -0.39 is 11.9 Å². The van der Waals surface area contributed by atoms with Crippen molar-refractivity contribution in [2.75, 3.05) is 0 Å². The van der Waals surface area contributed by atoms with Gasteiger partial charge >= 0.3 is 5.97 Å². The Morgan fingerprint density at radius 3 is 2.62 bits per heavy atom. The molecular formula is C29H40O5. The van der Waals surface area contributed by atoms with Gasteiger partial charge in [-0.05, 0) is 103 Å². The van der Waals surface area contributed by atoms with Crippen molar-refractivity contribution >= 4 is 11.8 Å². The Hall–Kier alpha value is -2.04. The van der Waals surface area contributed by atoms with Crippen LogP contribution in [0.4, 0.5) is 0 Å². The molecule has 5 nitrogen and oxygen atoms in total. The van der Waals surface area contributed by atoms with Crippen LogP contribution in [0.1, 0.15) is 89.9 Å². The minimum Gasteiger partial charge on any atom is -0.505 e. The fraction of sp³-hybridized carbons (Fsp3) is 0.724. The molecule has 5 heteroatoms. The molecule has 3 saturated carbocycles. The zero-order chi connectivity index (χ0) is 24.4. The van der Waals surface area contributed by atoms with Crippen LogP contribution < -0.4 is 0 Å². The van der Waals surface area contributed by atoms with Gasteiger partial charge in [-0.25, -0.2) is 0 Å². The van der Waals surface area contributed by atoms with Gasteiger partial charge in [0.1, 0.15) is 5.76 Å². The van der Waals surface area contributed by atoms with Crippen molar-refractivity contribution in [1.82, 2.24) is 0 Å². The minimum absolute atomic E-state index is 0.00819. The summed E-state index contributed by atoms with van der Waals surface area (Å²) in [5.74, 6) is 1.83. The summed E-state index contributed by atoms with van der Waals surface area (Å²) in [6.45, 7) is 8.87. The Kier molecular flexibility index (Phi) is 5.76. The Morgan fingerprint density at radius 2 is 1.91 bits per heavy atom. The maximum atomic E-state index is 12.6. The third-order valence-electron chi connectivity index (χ3n) is 10.8.